The van der Waals surface area contributed by atoms with E-state index in [1.807, 2.05) is 0 Å². The van der Waals surface area contributed by atoms with Crippen molar-refractivity contribution in [1.29, 1.82) is 0 Å². The zero-order valence-corrected chi connectivity index (χ0v) is 10.6. The number of rotatable bonds is 0. The summed E-state index contributed by atoms with van der Waals surface area (Å²) in [6.45, 7) is 0. The van der Waals surface area contributed by atoms with E-state index in [9.17, 15) is 0 Å². The molecule has 0 spiro atoms. The molecule has 0 nitrogen and oxygen atoms in total. The molecule has 0 aliphatic rings. The third-order valence-electron chi connectivity index (χ3n) is 0. The van der Waals surface area contributed by atoms with Gasteiger partial charge in [-0.25, -0.2) is 0 Å². The molecule has 5 heavy (non-hydrogen) atoms. The quantitative estimate of drug-likeness (QED) is 0.377. The van der Waals surface area contributed by atoms with Gasteiger partial charge >= 0.3 is 75.3 Å². The van der Waals surface area contributed by atoms with Gasteiger partial charge in [0.05, 0.1) is 0 Å². The maximum absolute atomic E-state index is 0. The molecular formula is Cl3CuRb. The molecule has 0 saturated heterocycles. The second kappa shape index (κ2) is 27.1. The van der Waals surface area contributed by atoms with Gasteiger partial charge in [0.2, 0.25) is 0 Å². The summed E-state index contributed by atoms with van der Waals surface area (Å²) >= 11 is 0. The maximum atomic E-state index is 0. The minimum atomic E-state index is 0. The summed E-state index contributed by atoms with van der Waals surface area (Å²) < 4.78 is 0. The van der Waals surface area contributed by atoms with Crippen molar-refractivity contribution in [2.24, 2.45) is 0 Å². The summed E-state index contributed by atoms with van der Waals surface area (Å²) in [6, 6.07) is 0. The zero-order chi connectivity index (χ0) is 0. The Balaban J connectivity index is 0. The normalized spacial score (nSPS) is 0. The van der Waals surface area contributed by atoms with Gasteiger partial charge in [0, 0.05) is 0 Å². The van der Waals surface area contributed by atoms with E-state index in [-0.39, 0.29) is 112 Å². The monoisotopic (exact) mass is 253 g/mol. The molecule has 0 aromatic rings. The topological polar surface area (TPSA) is 0 Å². The van der Waals surface area contributed by atoms with E-state index >= 15 is 0 Å². The number of hydrogen-bond donors (Lipinski definition) is 0. The molecule has 0 aliphatic heterocycles. The summed E-state index contributed by atoms with van der Waals surface area (Å²) in [7, 11) is 0. The fraction of sp³-hybridized carbons (Fsp3) is 0. The first-order chi connectivity index (χ1) is 0. The van der Waals surface area contributed by atoms with Crippen LogP contribution in [0.4, 0.5) is 0 Å². The second-order valence-corrected chi connectivity index (χ2v) is 0. The molecular weight excluding hydrogens is 255 g/mol. The Kier molecular flexibility index (Phi) is 225. The van der Waals surface area contributed by atoms with Gasteiger partial charge in [-0.15, -0.1) is 0 Å². The van der Waals surface area contributed by atoms with Gasteiger partial charge in [-0.1, -0.05) is 0 Å². The Morgan fingerprint density at radius 3 is 0.600 bits per heavy atom. The van der Waals surface area contributed by atoms with Crippen molar-refractivity contribution >= 4 is 0 Å². The molecule has 0 aromatic carbocycles. The van der Waals surface area contributed by atoms with Crippen LogP contribution < -0.4 is 95.4 Å². The maximum Gasteiger partial charge on any atom is 2.00 e. The Bertz CT molecular complexity index is 6.85. The molecule has 0 amide bonds. The molecule has 5 heteroatoms. The van der Waals surface area contributed by atoms with E-state index in [2.05, 4.69) is 0 Å². The van der Waals surface area contributed by atoms with Crippen molar-refractivity contribution in [3.63, 3.8) is 0 Å². The molecule has 0 N–H and O–H groups in total. The van der Waals surface area contributed by atoms with Gasteiger partial charge in [-0.05, 0) is 0 Å². The van der Waals surface area contributed by atoms with E-state index in [0.717, 1.165) is 0 Å². The number of hydrogen-bond acceptors (Lipinski definition) is 0. The Morgan fingerprint density at radius 1 is 0.600 bits per heavy atom. The molecule has 0 saturated carbocycles. The number of halogens is 3. The smallest absolute Gasteiger partial charge is 1.00 e. The molecule has 0 fully saturated rings. The van der Waals surface area contributed by atoms with Gasteiger partial charge in [-0.2, -0.15) is 0 Å². The molecule has 0 unspecified atom stereocenters. The van der Waals surface area contributed by atoms with Crippen LogP contribution in [0.5, 0.6) is 0 Å². The standard InChI is InChI=1S/3ClH.Cu.Rb/h3*1H;;/q;;;+2;+1/p-3. The molecule has 0 aliphatic carbocycles. The molecule has 33 valence electrons. The van der Waals surface area contributed by atoms with E-state index in [1.165, 1.54) is 0 Å². The van der Waals surface area contributed by atoms with Crippen LogP contribution in [0.25, 0.3) is 0 Å². The third kappa shape index (κ3) is 19.0. The second-order valence-electron chi connectivity index (χ2n) is 0. The summed E-state index contributed by atoms with van der Waals surface area (Å²) in [5.41, 5.74) is 0. The van der Waals surface area contributed by atoms with Gasteiger partial charge in [0.15, 0.2) is 0 Å². The minimum absolute atomic E-state index is 0. The fourth-order valence-electron chi connectivity index (χ4n) is 0. The minimum Gasteiger partial charge on any atom is -1.00 e. The van der Waals surface area contributed by atoms with Crippen LogP contribution in [0.2, 0.25) is 0 Å². The van der Waals surface area contributed by atoms with E-state index in [4.69, 9.17) is 0 Å². The predicted molar refractivity (Wildman–Crippen MR) is 0 cm³/mol. The summed E-state index contributed by atoms with van der Waals surface area (Å²) in [5, 5.41) is 0. The van der Waals surface area contributed by atoms with Crippen LogP contribution in [-0.4, -0.2) is 0 Å². The van der Waals surface area contributed by atoms with Crippen molar-refractivity contribution in [3.05, 3.63) is 0 Å². The SMILES string of the molecule is [Cl-].[Cl-].[Cl-].[Cu+2].[Rb+]. The van der Waals surface area contributed by atoms with Crippen molar-refractivity contribution in [1.82, 2.24) is 0 Å². The molecule has 0 bridgehead atoms. The van der Waals surface area contributed by atoms with Crippen LogP contribution >= 0.6 is 0 Å². The zero-order valence-electron chi connectivity index (χ0n) is 2.44. The Morgan fingerprint density at radius 2 is 0.600 bits per heavy atom. The van der Waals surface area contributed by atoms with Gasteiger partial charge in [0.1, 0.15) is 0 Å². The largest absolute Gasteiger partial charge is 2.00 e. The van der Waals surface area contributed by atoms with Crippen LogP contribution in [0.3, 0.4) is 0 Å². The molecule has 0 atom stereocenters. The third-order valence-corrected chi connectivity index (χ3v) is 0. The van der Waals surface area contributed by atoms with E-state index < -0.39 is 0 Å². The summed E-state index contributed by atoms with van der Waals surface area (Å²) in [6.07, 6.45) is 0. The van der Waals surface area contributed by atoms with Gasteiger partial charge in [0.25, 0.3) is 0 Å². The molecule has 0 heterocycles. The van der Waals surface area contributed by atoms with Crippen molar-refractivity contribution in [2.45, 2.75) is 0 Å². The average Bonchev–Trinajstić information content (AvgIpc) is 0. The molecule has 1 radical (unpaired) electrons. The van der Waals surface area contributed by atoms with E-state index in [1.54, 1.807) is 0 Å². The Hall–Kier alpha value is 3.19. The van der Waals surface area contributed by atoms with Gasteiger partial charge in [-0.3, -0.25) is 0 Å². The fourth-order valence-corrected chi connectivity index (χ4v) is 0. The van der Waals surface area contributed by atoms with Crippen molar-refractivity contribution < 1.29 is 112 Å². The first kappa shape index (κ1) is 41.6. The molecule has 0 aromatic heterocycles. The van der Waals surface area contributed by atoms with Gasteiger partial charge < -0.3 is 37.2 Å². The Labute approximate surface area is 110 Å². The summed E-state index contributed by atoms with van der Waals surface area (Å²) in [5.74, 6) is 0. The van der Waals surface area contributed by atoms with Crippen LogP contribution in [-0.2, 0) is 17.1 Å². The van der Waals surface area contributed by atoms with E-state index in [0.29, 0.717) is 0 Å². The van der Waals surface area contributed by atoms with Crippen molar-refractivity contribution in [3.8, 4) is 0 Å². The average molecular weight is 255 g/mol. The van der Waals surface area contributed by atoms with Crippen LogP contribution in [0, 0.1) is 0 Å². The molecule has 0 rings (SSSR count). The predicted octanol–water partition coefficient (Wildman–Crippen LogP) is -12.0. The summed E-state index contributed by atoms with van der Waals surface area (Å²) in [4.78, 5) is 0. The first-order valence-electron chi connectivity index (χ1n) is 0. The van der Waals surface area contributed by atoms with Crippen molar-refractivity contribution in [2.75, 3.05) is 0 Å². The van der Waals surface area contributed by atoms with Crippen LogP contribution in [0.15, 0.2) is 0 Å². The first-order valence-corrected chi connectivity index (χ1v) is 0. The van der Waals surface area contributed by atoms with Crippen LogP contribution in [0.1, 0.15) is 0 Å².